The highest BCUT2D eigenvalue weighted by atomic mass is 16.5. The van der Waals surface area contributed by atoms with Gasteiger partial charge in [0, 0.05) is 40.3 Å². The van der Waals surface area contributed by atoms with Crippen molar-refractivity contribution in [2.75, 3.05) is 46.9 Å². The van der Waals surface area contributed by atoms with E-state index in [1.54, 1.807) is 14.1 Å². The van der Waals surface area contributed by atoms with Gasteiger partial charge in [0.1, 0.15) is 0 Å². The lowest BCUT2D eigenvalue weighted by Gasteiger charge is -2.13. The summed E-state index contributed by atoms with van der Waals surface area (Å²) in [6.45, 7) is 4.24. The zero-order valence-corrected chi connectivity index (χ0v) is 9.58. The Morgan fingerprint density at radius 3 is 2.87 bits per heavy atom. The third-order valence-corrected chi connectivity index (χ3v) is 2.44. The fourth-order valence-electron chi connectivity index (χ4n) is 1.47. The highest BCUT2D eigenvalue weighted by molar-refractivity contribution is 5.73. The van der Waals surface area contributed by atoms with Gasteiger partial charge in [0.05, 0.1) is 6.61 Å². The molecule has 1 unspecified atom stereocenters. The maximum absolute atomic E-state index is 11.1. The predicted molar refractivity (Wildman–Crippen MR) is 58.9 cm³/mol. The van der Waals surface area contributed by atoms with E-state index in [9.17, 15) is 4.79 Å². The number of nitrogens with one attached hydrogen (secondary N) is 2. The summed E-state index contributed by atoms with van der Waals surface area (Å²) < 4.78 is 5.27. The summed E-state index contributed by atoms with van der Waals surface area (Å²) in [4.78, 5) is 12.7. The number of carbonyl (C=O) groups is 1. The van der Waals surface area contributed by atoms with Crippen molar-refractivity contribution in [2.24, 2.45) is 5.92 Å². The van der Waals surface area contributed by atoms with Crippen LogP contribution < -0.4 is 10.6 Å². The molecular formula is C10H21N3O2. The molecule has 1 aliphatic rings. The highest BCUT2D eigenvalue weighted by Gasteiger charge is 2.14. The van der Waals surface area contributed by atoms with E-state index in [4.69, 9.17) is 4.74 Å². The molecule has 0 aromatic rings. The summed E-state index contributed by atoms with van der Waals surface area (Å²) in [5.41, 5.74) is 0. The molecule has 1 fully saturated rings. The number of urea groups is 1. The molecule has 2 amide bonds. The Kier molecular flexibility index (Phi) is 5.42. The van der Waals surface area contributed by atoms with Crippen LogP contribution >= 0.6 is 0 Å². The smallest absolute Gasteiger partial charge is 0.316 e. The second kappa shape index (κ2) is 6.63. The van der Waals surface area contributed by atoms with Crippen LogP contribution in [0.4, 0.5) is 4.79 Å². The molecule has 0 radical (unpaired) electrons. The minimum Gasteiger partial charge on any atom is -0.381 e. The Morgan fingerprint density at radius 2 is 2.27 bits per heavy atom. The highest BCUT2D eigenvalue weighted by Crippen LogP contribution is 2.10. The summed E-state index contributed by atoms with van der Waals surface area (Å²) in [5, 5.41) is 6.11. The van der Waals surface area contributed by atoms with Crippen molar-refractivity contribution in [3.05, 3.63) is 0 Å². The first-order chi connectivity index (χ1) is 7.20. The van der Waals surface area contributed by atoms with Gasteiger partial charge in [0.2, 0.25) is 0 Å². The van der Waals surface area contributed by atoms with E-state index < -0.39 is 0 Å². The fourth-order valence-corrected chi connectivity index (χ4v) is 1.47. The number of rotatable bonds is 5. The van der Waals surface area contributed by atoms with Crippen LogP contribution in [0.3, 0.4) is 0 Å². The van der Waals surface area contributed by atoms with E-state index in [0.717, 1.165) is 32.7 Å². The Morgan fingerprint density at radius 1 is 1.47 bits per heavy atom. The first-order valence-electron chi connectivity index (χ1n) is 5.43. The lowest BCUT2D eigenvalue weighted by atomic mass is 10.1. The van der Waals surface area contributed by atoms with Crippen molar-refractivity contribution in [1.82, 2.24) is 15.5 Å². The van der Waals surface area contributed by atoms with Crippen LogP contribution in [0.2, 0.25) is 0 Å². The summed E-state index contributed by atoms with van der Waals surface area (Å²) in [6.07, 6.45) is 1.15. The number of amides is 2. The van der Waals surface area contributed by atoms with Gasteiger partial charge in [0.25, 0.3) is 0 Å². The Hall–Kier alpha value is -0.810. The standard InChI is InChI=1S/C10H21N3O2/c1-13(2)10(14)12-5-4-11-7-9-3-6-15-8-9/h9,11H,3-8H2,1-2H3,(H,12,14). The molecule has 88 valence electrons. The van der Waals surface area contributed by atoms with Crippen molar-refractivity contribution in [1.29, 1.82) is 0 Å². The molecule has 1 aliphatic heterocycles. The molecule has 0 aromatic heterocycles. The molecule has 2 N–H and O–H groups in total. The maximum Gasteiger partial charge on any atom is 0.316 e. The van der Waals surface area contributed by atoms with E-state index >= 15 is 0 Å². The molecule has 5 nitrogen and oxygen atoms in total. The third-order valence-electron chi connectivity index (χ3n) is 2.44. The van der Waals surface area contributed by atoms with Gasteiger partial charge in [-0.2, -0.15) is 0 Å². The molecule has 0 spiro atoms. The minimum absolute atomic E-state index is 0.0407. The Balaban J connectivity index is 1.90. The lowest BCUT2D eigenvalue weighted by molar-refractivity contribution is 0.185. The zero-order chi connectivity index (χ0) is 11.1. The van der Waals surface area contributed by atoms with Gasteiger partial charge in [-0.3, -0.25) is 0 Å². The Labute approximate surface area is 91.2 Å². The van der Waals surface area contributed by atoms with Gasteiger partial charge in [-0.15, -0.1) is 0 Å². The monoisotopic (exact) mass is 215 g/mol. The van der Waals surface area contributed by atoms with Gasteiger partial charge in [-0.05, 0) is 12.3 Å². The molecule has 1 heterocycles. The first-order valence-corrected chi connectivity index (χ1v) is 5.43. The number of nitrogens with zero attached hydrogens (tertiary/aromatic N) is 1. The lowest BCUT2D eigenvalue weighted by Crippen LogP contribution is -2.39. The van der Waals surface area contributed by atoms with Crippen LogP contribution in [0.5, 0.6) is 0 Å². The molecule has 0 aliphatic carbocycles. The molecule has 0 bridgehead atoms. The fraction of sp³-hybridized carbons (Fsp3) is 0.900. The number of hydrogen-bond acceptors (Lipinski definition) is 3. The molecule has 0 saturated carbocycles. The third kappa shape index (κ3) is 4.99. The molecule has 15 heavy (non-hydrogen) atoms. The van der Waals surface area contributed by atoms with Gasteiger partial charge < -0.3 is 20.3 Å². The quantitative estimate of drug-likeness (QED) is 0.629. The van der Waals surface area contributed by atoms with E-state index in [-0.39, 0.29) is 6.03 Å². The predicted octanol–water partition coefficient (Wildman–Crippen LogP) is -0.116. The molecule has 1 atom stereocenters. The van der Waals surface area contributed by atoms with E-state index in [1.165, 1.54) is 4.90 Å². The average Bonchev–Trinajstić information content (AvgIpc) is 2.69. The van der Waals surface area contributed by atoms with Gasteiger partial charge >= 0.3 is 6.03 Å². The van der Waals surface area contributed by atoms with Crippen molar-refractivity contribution >= 4 is 6.03 Å². The first kappa shape index (κ1) is 12.3. The van der Waals surface area contributed by atoms with Crippen molar-refractivity contribution in [3.8, 4) is 0 Å². The molecule has 1 rings (SSSR count). The van der Waals surface area contributed by atoms with Gasteiger partial charge in [-0.25, -0.2) is 4.79 Å². The van der Waals surface area contributed by atoms with Crippen LogP contribution in [0.15, 0.2) is 0 Å². The summed E-state index contributed by atoms with van der Waals surface area (Å²) in [5.74, 6) is 0.648. The number of hydrogen-bond donors (Lipinski definition) is 2. The second-order valence-electron chi connectivity index (χ2n) is 4.06. The second-order valence-corrected chi connectivity index (χ2v) is 4.06. The molecule has 5 heteroatoms. The summed E-state index contributed by atoms with van der Waals surface area (Å²) in [7, 11) is 3.47. The van der Waals surface area contributed by atoms with Gasteiger partial charge in [-0.1, -0.05) is 0 Å². The van der Waals surface area contributed by atoms with Crippen molar-refractivity contribution < 1.29 is 9.53 Å². The van der Waals surface area contributed by atoms with E-state index in [0.29, 0.717) is 12.5 Å². The molecule has 0 aromatic carbocycles. The summed E-state index contributed by atoms with van der Waals surface area (Å²) in [6, 6.07) is -0.0407. The van der Waals surface area contributed by atoms with Crippen LogP contribution in [-0.2, 0) is 4.74 Å². The van der Waals surface area contributed by atoms with E-state index in [1.807, 2.05) is 0 Å². The van der Waals surface area contributed by atoms with Crippen LogP contribution in [-0.4, -0.2) is 57.9 Å². The largest absolute Gasteiger partial charge is 0.381 e. The van der Waals surface area contributed by atoms with Crippen LogP contribution in [0.25, 0.3) is 0 Å². The maximum atomic E-state index is 11.1. The number of ether oxygens (including phenoxy) is 1. The van der Waals surface area contributed by atoms with Crippen molar-refractivity contribution in [2.45, 2.75) is 6.42 Å². The van der Waals surface area contributed by atoms with Crippen LogP contribution in [0, 0.1) is 5.92 Å². The zero-order valence-electron chi connectivity index (χ0n) is 9.58. The topological polar surface area (TPSA) is 53.6 Å². The van der Waals surface area contributed by atoms with Crippen LogP contribution in [0.1, 0.15) is 6.42 Å². The minimum atomic E-state index is -0.0407. The van der Waals surface area contributed by atoms with E-state index in [2.05, 4.69) is 10.6 Å². The molecular weight excluding hydrogens is 194 g/mol. The van der Waals surface area contributed by atoms with Gasteiger partial charge in [0.15, 0.2) is 0 Å². The number of carbonyl (C=O) groups excluding carboxylic acids is 1. The average molecular weight is 215 g/mol. The SMILES string of the molecule is CN(C)C(=O)NCCNCC1CCOC1. The molecule has 1 saturated heterocycles. The normalized spacial score (nSPS) is 20.3. The Bertz CT molecular complexity index is 191. The van der Waals surface area contributed by atoms with Crippen molar-refractivity contribution in [3.63, 3.8) is 0 Å². The summed E-state index contributed by atoms with van der Waals surface area (Å²) >= 11 is 0.